The third-order valence-electron chi connectivity index (χ3n) is 5.67. The second kappa shape index (κ2) is 9.22. The SMILES string of the molecule is Cc1nccn1Cc1ccc(NC(=O)C2CCCN(Cc3cccc(F)c3)C2)cc1. The summed E-state index contributed by atoms with van der Waals surface area (Å²) in [4.78, 5) is 19.3. The molecule has 0 radical (unpaired) electrons. The van der Waals surface area contributed by atoms with Crippen LogP contribution in [0.15, 0.2) is 60.9 Å². The molecule has 1 N–H and O–H groups in total. The van der Waals surface area contributed by atoms with Crippen molar-refractivity contribution in [1.29, 1.82) is 0 Å². The Morgan fingerprint density at radius 2 is 2.00 bits per heavy atom. The first-order chi connectivity index (χ1) is 14.6. The minimum absolute atomic E-state index is 0.0529. The Bertz CT molecular complexity index is 998. The maximum atomic E-state index is 13.4. The molecule has 3 aromatic rings. The van der Waals surface area contributed by atoms with Crippen LogP contribution in [0.5, 0.6) is 0 Å². The number of rotatable bonds is 6. The molecule has 30 heavy (non-hydrogen) atoms. The molecule has 0 aliphatic carbocycles. The molecule has 156 valence electrons. The number of nitrogens with zero attached hydrogens (tertiary/aromatic N) is 3. The van der Waals surface area contributed by atoms with E-state index >= 15 is 0 Å². The zero-order valence-corrected chi connectivity index (χ0v) is 17.2. The van der Waals surface area contributed by atoms with E-state index < -0.39 is 0 Å². The average Bonchev–Trinajstić information content (AvgIpc) is 3.14. The minimum atomic E-state index is -0.217. The summed E-state index contributed by atoms with van der Waals surface area (Å²) >= 11 is 0. The highest BCUT2D eigenvalue weighted by atomic mass is 19.1. The molecule has 1 amide bonds. The van der Waals surface area contributed by atoms with Crippen molar-refractivity contribution in [3.63, 3.8) is 0 Å². The van der Waals surface area contributed by atoms with Crippen LogP contribution in [0.2, 0.25) is 0 Å². The van der Waals surface area contributed by atoms with Gasteiger partial charge in [-0.25, -0.2) is 9.37 Å². The Labute approximate surface area is 176 Å². The molecular weight excluding hydrogens is 379 g/mol. The predicted octanol–water partition coefficient (Wildman–Crippen LogP) is 4.23. The number of likely N-dealkylation sites (tertiary alicyclic amines) is 1. The first-order valence-corrected chi connectivity index (χ1v) is 10.4. The fraction of sp³-hybridized carbons (Fsp3) is 0.333. The largest absolute Gasteiger partial charge is 0.331 e. The lowest BCUT2D eigenvalue weighted by Gasteiger charge is -2.32. The number of carbonyl (C=O) groups is 1. The van der Waals surface area contributed by atoms with Crippen molar-refractivity contribution in [2.45, 2.75) is 32.9 Å². The van der Waals surface area contributed by atoms with Gasteiger partial charge < -0.3 is 9.88 Å². The van der Waals surface area contributed by atoms with E-state index in [2.05, 4.69) is 19.8 Å². The van der Waals surface area contributed by atoms with Gasteiger partial charge in [-0.15, -0.1) is 0 Å². The average molecular weight is 407 g/mol. The van der Waals surface area contributed by atoms with Crippen LogP contribution in [-0.4, -0.2) is 33.4 Å². The number of piperidine rings is 1. The lowest BCUT2D eigenvalue weighted by Crippen LogP contribution is -2.40. The van der Waals surface area contributed by atoms with Gasteiger partial charge in [0.1, 0.15) is 11.6 Å². The highest BCUT2D eigenvalue weighted by molar-refractivity contribution is 5.92. The van der Waals surface area contributed by atoms with Crippen LogP contribution in [0.1, 0.15) is 29.8 Å². The standard InChI is InChI=1S/C24H27FN4O/c1-18-26-11-13-29(18)16-19-7-9-23(10-8-19)27-24(30)21-5-3-12-28(17-21)15-20-4-2-6-22(25)14-20/h2,4,6-11,13-14,21H,3,5,12,15-17H2,1H3,(H,27,30). The van der Waals surface area contributed by atoms with Crippen LogP contribution < -0.4 is 5.32 Å². The summed E-state index contributed by atoms with van der Waals surface area (Å²) in [6.45, 7) is 5.04. The molecule has 4 rings (SSSR count). The number of anilines is 1. The Morgan fingerprint density at radius 1 is 1.17 bits per heavy atom. The predicted molar refractivity (Wildman–Crippen MR) is 116 cm³/mol. The summed E-state index contributed by atoms with van der Waals surface area (Å²) < 4.78 is 15.5. The highest BCUT2D eigenvalue weighted by Gasteiger charge is 2.26. The van der Waals surface area contributed by atoms with E-state index in [0.29, 0.717) is 13.1 Å². The van der Waals surface area contributed by atoms with E-state index in [1.165, 1.54) is 6.07 Å². The van der Waals surface area contributed by atoms with Gasteiger partial charge in [-0.2, -0.15) is 0 Å². The van der Waals surface area contributed by atoms with Gasteiger partial charge in [0.2, 0.25) is 5.91 Å². The third-order valence-corrected chi connectivity index (χ3v) is 5.67. The molecule has 2 heterocycles. The normalized spacial score (nSPS) is 17.1. The Balaban J connectivity index is 1.32. The van der Waals surface area contributed by atoms with Gasteiger partial charge in [0, 0.05) is 37.7 Å². The van der Waals surface area contributed by atoms with Crippen molar-refractivity contribution in [3.8, 4) is 0 Å². The zero-order chi connectivity index (χ0) is 20.9. The number of hydrogen-bond donors (Lipinski definition) is 1. The first-order valence-electron chi connectivity index (χ1n) is 10.4. The summed E-state index contributed by atoms with van der Waals surface area (Å²) in [5.74, 6) is 0.760. The zero-order valence-electron chi connectivity index (χ0n) is 17.2. The van der Waals surface area contributed by atoms with Gasteiger partial charge in [-0.05, 0) is 61.7 Å². The number of carbonyl (C=O) groups excluding carboxylic acids is 1. The van der Waals surface area contributed by atoms with Crippen molar-refractivity contribution in [2.24, 2.45) is 5.92 Å². The number of amides is 1. The van der Waals surface area contributed by atoms with E-state index in [-0.39, 0.29) is 17.6 Å². The van der Waals surface area contributed by atoms with Crippen molar-refractivity contribution < 1.29 is 9.18 Å². The van der Waals surface area contributed by atoms with E-state index in [0.717, 1.165) is 48.6 Å². The monoisotopic (exact) mass is 406 g/mol. The van der Waals surface area contributed by atoms with Crippen LogP contribution >= 0.6 is 0 Å². The van der Waals surface area contributed by atoms with Crippen molar-refractivity contribution in [1.82, 2.24) is 14.5 Å². The lowest BCUT2D eigenvalue weighted by atomic mass is 9.96. The van der Waals surface area contributed by atoms with Gasteiger partial charge in [-0.1, -0.05) is 24.3 Å². The molecule has 1 aliphatic rings. The molecule has 1 unspecified atom stereocenters. The molecule has 1 aliphatic heterocycles. The maximum Gasteiger partial charge on any atom is 0.228 e. The Morgan fingerprint density at radius 3 is 2.73 bits per heavy atom. The highest BCUT2D eigenvalue weighted by Crippen LogP contribution is 2.21. The van der Waals surface area contributed by atoms with Crippen molar-refractivity contribution in [2.75, 3.05) is 18.4 Å². The number of imidazole rings is 1. The smallest absolute Gasteiger partial charge is 0.228 e. The van der Waals surface area contributed by atoms with Gasteiger partial charge in [0.05, 0.1) is 5.92 Å². The molecule has 1 fully saturated rings. The molecular formula is C24H27FN4O. The molecule has 5 nitrogen and oxygen atoms in total. The molecule has 0 spiro atoms. The van der Waals surface area contributed by atoms with Gasteiger partial charge >= 0.3 is 0 Å². The molecule has 1 saturated heterocycles. The molecule has 0 saturated carbocycles. The Hall–Kier alpha value is -2.99. The van der Waals surface area contributed by atoms with E-state index in [4.69, 9.17) is 0 Å². The number of aryl methyl sites for hydroxylation is 1. The number of benzene rings is 2. The van der Waals surface area contributed by atoms with Gasteiger partial charge in [0.15, 0.2) is 0 Å². The van der Waals surface area contributed by atoms with E-state index in [1.54, 1.807) is 18.3 Å². The molecule has 2 aromatic carbocycles. The van der Waals surface area contributed by atoms with Crippen molar-refractivity contribution >= 4 is 11.6 Å². The minimum Gasteiger partial charge on any atom is -0.331 e. The summed E-state index contributed by atoms with van der Waals surface area (Å²) in [6.07, 6.45) is 5.61. The van der Waals surface area contributed by atoms with Crippen LogP contribution in [0.3, 0.4) is 0 Å². The summed E-state index contributed by atoms with van der Waals surface area (Å²) in [5, 5.41) is 3.06. The topological polar surface area (TPSA) is 50.2 Å². The second-order valence-electron chi connectivity index (χ2n) is 7.99. The van der Waals surface area contributed by atoms with E-state index in [1.807, 2.05) is 43.5 Å². The fourth-order valence-corrected chi connectivity index (χ4v) is 4.01. The van der Waals surface area contributed by atoms with E-state index in [9.17, 15) is 9.18 Å². The van der Waals surface area contributed by atoms with Gasteiger partial charge in [-0.3, -0.25) is 9.69 Å². The second-order valence-corrected chi connectivity index (χ2v) is 7.99. The van der Waals surface area contributed by atoms with Crippen LogP contribution in [-0.2, 0) is 17.9 Å². The summed E-state index contributed by atoms with van der Waals surface area (Å²) in [5.41, 5.74) is 2.92. The van der Waals surface area contributed by atoms with Gasteiger partial charge in [0.25, 0.3) is 0 Å². The van der Waals surface area contributed by atoms with Crippen molar-refractivity contribution in [3.05, 3.63) is 83.7 Å². The number of hydrogen-bond acceptors (Lipinski definition) is 3. The molecule has 1 aromatic heterocycles. The fourth-order valence-electron chi connectivity index (χ4n) is 4.01. The summed E-state index contributed by atoms with van der Waals surface area (Å²) in [6, 6.07) is 14.7. The molecule has 6 heteroatoms. The first kappa shape index (κ1) is 20.3. The van der Waals surface area contributed by atoms with Crippen LogP contribution in [0.25, 0.3) is 0 Å². The molecule has 1 atom stereocenters. The number of nitrogens with one attached hydrogen (secondary N) is 1. The van der Waals surface area contributed by atoms with Crippen LogP contribution in [0, 0.1) is 18.7 Å². The Kier molecular flexibility index (Phi) is 6.23. The molecule has 0 bridgehead atoms. The maximum absolute atomic E-state index is 13.4. The van der Waals surface area contributed by atoms with Crippen LogP contribution in [0.4, 0.5) is 10.1 Å². The number of halogens is 1. The number of aromatic nitrogens is 2. The lowest BCUT2D eigenvalue weighted by molar-refractivity contribution is -0.121. The quantitative estimate of drug-likeness (QED) is 0.667. The summed E-state index contributed by atoms with van der Waals surface area (Å²) in [7, 11) is 0. The third kappa shape index (κ3) is 5.13.